The quantitative estimate of drug-likeness (QED) is 0.665. The monoisotopic (exact) mass is 201 g/mol. The summed E-state index contributed by atoms with van der Waals surface area (Å²) in [6.45, 7) is 0. The first-order valence-electron chi connectivity index (χ1n) is 4.33. The number of anilines is 1. The molecular formula is C10H7N3O2. The Morgan fingerprint density at radius 3 is 2.40 bits per heavy atom. The zero-order valence-corrected chi connectivity index (χ0v) is 7.73. The van der Waals surface area contributed by atoms with Crippen LogP contribution in [-0.4, -0.2) is 11.8 Å². The van der Waals surface area contributed by atoms with E-state index in [0.29, 0.717) is 11.3 Å². The lowest BCUT2D eigenvalue weighted by Crippen LogP contribution is -2.35. The minimum Gasteiger partial charge on any atom is -0.273 e. The number of nitrogens with one attached hydrogen (secondary N) is 1. The summed E-state index contributed by atoms with van der Waals surface area (Å²) in [5, 5.41) is 9.77. The number of benzene rings is 1. The third-order valence-corrected chi connectivity index (χ3v) is 2.05. The van der Waals surface area contributed by atoms with Gasteiger partial charge in [-0.2, -0.15) is 5.26 Å². The molecule has 1 heterocycles. The topological polar surface area (TPSA) is 73.2 Å². The molecule has 1 aromatic carbocycles. The molecule has 15 heavy (non-hydrogen) atoms. The zero-order valence-electron chi connectivity index (χ0n) is 7.73. The van der Waals surface area contributed by atoms with Crippen molar-refractivity contribution < 1.29 is 9.59 Å². The molecule has 0 unspecified atom stereocenters. The molecule has 0 spiro atoms. The van der Waals surface area contributed by atoms with Gasteiger partial charge in [-0.15, -0.1) is 0 Å². The van der Waals surface area contributed by atoms with Crippen LogP contribution in [0.5, 0.6) is 0 Å². The average molecular weight is 201 g/mol. The Kier molecular flexibility index (Phi) is 2.10. The summed E-state index contributed by atoms with van der Waals surface area (Å²) >= 11 is 0. The molecular weight excluding hydrogens is 194 g/mol. The molecule has 5 nitrogen and oxygen atoms in total. The lowest BCUT2D eigenvalue weighted by molar-refractivity contribution is -0.122. The van der Waals surface area contributed by atoms with Gasteiger partial charge >= 0.3 is 0 Å². The molecule has 1 aromatic rings. The second-order valence-electron chi connectivity index (χ2n) is 3.10. The second kappa shape index (κ2) is 3.42. The molecule has 0 aromatic heterocycles. The van der Waals surface area contributed by atoms with Crippen molar-refractivity contribution in [3.8, 4) is 6.07 Å². The largest absolute Gasteiger partial charge is 0.273 e. The van der Waals surface area contributed by atoms with E-state index in [2.05, 4.69) is 5.43 Å². The molecule has 1 aliphatic heterocycles. The molecule has 2 amide bonds. The summed E-state index contributed by atoms with van der Waals surface area (Å²) < 4.78 is 0. The first-order valence-corrected chi connectivity index (χ1v) is 4.33. The van der Waals surface area contributed by atoms with Gasteiger partial charge in [0.1, 0.15) is 6.42 Å². The number of carbonyl (C=O) groups excluding carboxylic acids is 2. The molecule has 0 atom stereocenters. The van der Waals surface area contributed by atoms with Crippen LogP contribution < -0.4 is 10.4 Å². The van der Waals surface area contributed by atoms with Crippen molar-refractivity contribution in [1.29, 1.82) is 5.26 Å². The highest BCUT2D eigenvalue weighted by molar-refractivity contribution is 6.11. The van der Waals surface area contributed by atoms with Crippen molar-refractivity contribution in [2.75, 3.05) is 5.01 Å². The number of nitriles is 1. The Bertz CT molecular complexity index is 459. The molecule has 5 heteroatoms. The molecule has 0 radical (unpaired) electrons. The van der Waals surface area contributed by atoms with E-state index >= 15 is 0 Å². The second-order valence-corrected chi connectivity index (χ2v) is 3.10. The molecule has 74 valence electrons. The van der Waals surface area contributed by atoms with Crippen LogP contribution in [0.2, 0.25) is 0 Å². The highest BCUT2D eigenvalue weighted by Gasteiger charge is 2.27. The van der Waals surface area contributed by atoms with Gasteiger partial charge in [-0.3, -0.25) is 15.0 Å². The van der Waals surface area contributed by atoms with Crippen LogP contribution in [0.4, 0.5) is 5.69 Å². The number of rotatable bonds is 1. The highest BCUT2D eigenvalue weighted by atomic mass is 16.2. The zero-order chi connectivity index (χ0) is 10.8. The fourth-order valence-corrected chi connectivity index (χ4v) is 1.34. The van der Waals surface area contributed by atoms with Crippen molar-refractivity contribution in [2.24, 2.45) is 0 Å². The van der Waals surface area contributed by atoms with Crippen LogP contribution in [0.25, 0.3) is 0 Å². The lowest BCUT2D eigenvalue weighted by atomic mass is 10.2. The number of hydrogen-bond donors (Lipinski definition) is 1. The van der Waals surface area contributed by atoms with Crippen molar-refractivity contribution in [3.63, 3.8) is 0 Å². The molecule has 1 fully saturated rings. The molecule has 1 saturated heterocycles. The molecule has 0 saturated carbocycles. The summed E-state index contributed by atoms with van der Waals surface area (Å²) in [6, 6.07) is 8.38. The molecule has 0 bridgehead atoms. The van der Waals surface area contributed by atoms with Gasteiger partial charge in [-0.1, -0.05) is 0 Å². The van der Waals surface area contributed by atoms with Crippen LogP contribution in [0.1, 0.15) is 12.0 Å². The number of hydrogen-bond acceptors (Lipinski definition) is 3. The third kappa shape index (κ3) is 1.65. The summed E-state index contributed by atoms with van der Waals surface area (Å²) in [4.78, 5) is 22.3. The van der Waals surface area contributed by atoms with Gasteiger partial charge in [-0.05, 0) is 24.3 Å². The fraction of sp³-hybridized carbons (Fsp3) is 0.100. The third-order valence-electron chi connectivity index (χ3n) is 2.05. The van der Waals surface area contributed by atoms with E-state index < -0.39 is 0 Å². The number of nitrogens with zero attached hydrogens (tertiary/aromatic N) is 2. The standard InChI is InChI=1S/C10H7N3O2/c11-6-7-1-3-8(4-2-7)13-10(15)5-9(14)12-13/h1-4H,5H2,(H,12,14). The number of amides is 2. The van der Waals surface area contributed by atoms with Crippen molar-refractivity contribution >= 4 is 17.5 Å². The number of hydrazine groups is 1. The van der Waals surface area contributed by atoms with Crippen molar-refractivity contribution in [1.82, 2.24) is 5.43 Å². The van der Waals surface area contributed by atoms with E-state index in [1.54, 1.807) is 24.3 Å². The van der Waals surface area contributed by atoms with Crippen LogP contribution in [0, 0.1) is 11.3 Å². The van der Waals surface area contributed by atoms with Gasteiger partial charge in [0.2, 0.25) is 5.91 Å². The SMILES string of the molecule is N#Cc1ccc(N2NC(=O)CC2=O)cc1. The Labute approximate surface area is 85.9 Å². The smallest absolute Gasteiger partial charge is 0.255 e. The first kappa shape index (κ1) is 9.21. The molecule has 1 aliphatic rings. The maximum absolute atomic E-state index is 11.3. The van der Waals surface area contributed by atoms with E-state index in [1.807, 2.05) is 6.07 Å². The van der Waals surface area contributed by atoms with E-state index in [-0.39, 0.29) is 18.2 Å². The Hall–Kier alpha value is -2.35. The fourth-order valence-electron chi connectivity index (χ4n) is 1.34. The van der Waals surface area contributed by atoms with E-state index in [4.69, 9.17) is 5.26 Å². The molecule has 2 rings (SSSR count). The van der Waals surface area contributed by atoms with Gasteiger partial charge in [-0.25, -0.2) is 5.01 Å². The Balaban J connectivity index is 2.27. The molecule has 1 N–H and O–H groups in total. The summed E-state index contributed by atoms with van der Waals surface area (Å²) in [6.07, 6.45) is -0.125. The lowest BCUT2D eigenvalue weighted by Gasteiger charge is -2.14. The Morgan fingerprint density at radius 1 is 1.27 bits per heavy atom. The normalized spacial score (nSPS) is 15.0. The minimum absolute atomic E-state index is 0.125. The van der Waals surface area contributed by atoms with Gasteiger partial charge in [0.15, 0.2) is 0 Å². The predicted octanol–water partition coefficient (Wildman–Crippen LogP) is 0.326. The van der Waals surface area contributed by atoms with Crippen LogP contribution in [-0.2, 0) is 9.59 Å². The highest BCUT2D eigenvalue weighted by Crippen LogP contribution is 2.16. The summed E-state index contributed by atoms with van der Waals surface area (Å²) in [5.41, 5.74) is 3.49. The summed E-state index contributed by atoms with van der Waals surface area (Å²) in [5.74, 6) is -0.603. The maximum atomic E-state index is 11.3. The summed E-state index contributed by atoms with van der Waals surface area (Å²) in [7, 11) is 0. The van der Waals surface area contributed by atoms with Crippen molar-refractivity contribution in [2.45, 2.75) is 6.42 Å². The van der Waals surface area contributed by atoms with E-state index in [0.717, 1.165) is 0 Å². The van der Waals surface area contributed by atoms with Gasteiger partial charge < -0.3 is 0 Å². The van der Waals surface area contributed by atoms with Crippen LogP contribution >= 0.6 is 0 Å². The van der Waals surface area contributed by atoms with Crippen molar-refractivity contribution in [3.05, 3.63) is 29.8 Å². The van der Waals surface area contributed by atoms with Gasteiger partial charge in [0, 0.05) is 0 Å². The molecule has 0 aliphatic carbocycles. The maximum Gasteiger partial charge on any atom is 0.255 e. The Morgan fingerprint density at radius 2 is 1.93 bits per heavy atom. The average Bonchev–Trinajstić information content (AvgIpc) is 2.58. The number of carbonyl (C=O) groups is 2. The first-order chi connectivity index (χ1) is 7.20. The van der Waals surface area contributed by atoms with Crippen LogP contribution in [0.15, 0.2) is 24.3 Å². The van der Waals surface area contributed by atoms with Gasteiger partial charge in [0.25, 0.3) is 5.91 Å². The van der Waals surface area contributed by atoms with Gasteiger partial charge in [0.05, 0.1) is 17.3 Å². The minimum atomic E-state index is -0.315. The predicted molar refractivity (Wildman–Crippen MR) is 51.4 cm³/mol. The van der Waals surface area contributed by atoms with E-state index in [9.17, 15) is 9.59 Å². The van der Waals surface area contributed by atoms with Crippen LogP contribution in [0.3, 0.4) is 0 Å². The van der Waals surface area contributed by atoms with E-state index in [1.165, 1.54) is 5.01 Å².